The fraction of sp³-hybridized carbons (Fsp3) is 0.143. The Balaban J connectivity index is 1.61. The number of nitrogens with zero attached hydrogens (tertiary/aromatic N) is 5. The number of thioether (sulfide) groups is 1. The molecule has 4 aromatic rings. The van der Waals surface area contributed by atoms with Crippen LogP contribution in [0.2, 0.25) is 10.0 Å². The minimum atomic E-state index is -0.101. The summed E-state index contributed by atoms with van der Waals surface area (Å²) in [6, 6.07) is 5.52. The maximum absolute atomic E-state index is 6.13. The Morgan fingerprint density at radius 3 is 2.92 bits per heavy atom. The Kier molecular flexibility index (Phi) is 4.21. The SMILES string of the molecule is C[C@@H](Sc1nnc2c(Cl)cc(Cl)cn12)c1nnc(-c2cccs2)o1. The molecule has 0 aliphatic heterocycles. The van der Waals surface area contributed by atoms with Crippen molar-refractivity contribution in [3.63, 3.8) is 0 Å². The summed E-state index contributed by atoms with van der Waals surface area (Å²) >= 11 is 15.2. The van der Waals surface area contributed by atoms with Crippen LogP contribution in [0.1, 0.15) is 18.1 Å². The maximum Gasteiger partial charge on any atom is 0.257 e. The van der Waals surface area contributed by atoms with E-state index in [-0.39, 0.29) is 5.25 Å². The number of halogens is 2. The fourth-order valence-corrected chi connectivity index (χ4v) is 4.10. The first-order valence-electron chi connectivity index (χ1n) is 6.85. The second-order valence-electron chi connectivity index (χ2n) is 4.87. The van der Waals surface area contributed by atoms with Gasteiger partial charge in [-0.3, -0.25) is 4.40 Å². The summed E-state index contributed by atoms with van der Waals surface area (Å²) < 4.78 is 7.51. The first-order valence-corrected chi connectivity index (χ1v) is 9.37. The zero-order valence-electron chi connectivity index (χ0n) is 12.2. The van der Waals surface area contributed by atoms with Crippen LogP contribution in [-0.4, -0.2) is 24.8 Å². The second-order valence-corrected chi connectivity index (χ2v) is 7.96. The highest BCUT2D eigenvalue weighted by atomic mass is 35.5. The number of aromatic nitrogens is 5. The zero-order valence-corrected chi connectivity index (χ0v) is 15.3. The number of thiophene rings is 1. The molecule has 0 fully saturated rings. The lowest BCUT2D eigenvalue weighted by Crippen LogP contribution is -1.93. The van der Waals surface area contributed by atoms with E-state index >= 15 is 0 Å². The minimum Gasteiger partial charge on any atom is -0.419 e. The molecule has 0 aliphatic carbocycles. The van der Waals surface area contributed by atoms with E-state index in [1.165, 1.54) is 11.8 Å². The Morgan fingerprint density at radius 2 is 2.12 bits per heavy atom. The van der Waals surface area contributed by atoms with E-state index in [2.05, 4.69) is 20.4 Å². The minimum absolute atomic E-state index is 0.101. The summed E-state index contributed by atoms with van der Waals surface area (Å²) in [6.07, 6.45) is 1.72. The maximum atomic E-state index is 6.13. The lowest BCUT2D eigenvalue weighted by Gasteiger charge is -2.05. The number of fused-ring (bicyclic) bond motifs is 1. The molecular weight excluding hydrogens is 389 g/mol. The van der Waals surface area contributed by atoms with Gasteiger partial charge in [0.1, 0.15) is 0 Å². The van der Waals surface area contributed by atoms with Gasteiger partial charge in [0.2, 0.25) is 5.89 Å². The van der Waals surface area contributed by atoms with Crippen molar-refractivity contribution in [1.29, 1.82) is 0 Å². The molecule has 24 heavy (non-hydrogen) atoms. The van der Waals surface area contributed by atoms with Gasteiger partial charge < -0.3 is 4.42 Å². The van der Waals surface area contributed by atoms with E-state index in [0.29, 0.717) is 32.6 Å². The topological polar surface area (TPSA) is 69.1 Å². The standard InChI is InChI=1S/C14H9Cl2N5OS2/c1-7(12-18-19-13(22-12)10-3-2-4-23-10)24-14-20-17-11-9(16)5-8(15)6-21(11)14/h2-7H,1H3/t7-/m1/s1. The smallest absolute Gasteiger partial charge is 0.257 e. The zero-order chi connectivity index (χ0) is 16.7. The van der Waals surface area contributed by atoms with Crippen molar-refractivity contribution in [2.75, 3.05) is 0 Å². The first kappa shape index (κ1) is 15.9. The molecule has 0 saturated carbocycles. The summed E-state index contributed by atoms with van der Waals surface area (Å²) in [5.41, 5.74) is 0.556. The molecular formula is C14H9Cl2N5OS2. The predicted octanol–water partition coefficient (Wildman–Crippen LogP) is 5.00. The average molecular weight is 398 g/mol. The summed E-state index contributed by atoms with van der Waals surface area (Å²) in [7, 11) is 0. The van der Waals surface area contributed by atoms with Crippen LogP contribution in [0.3, 0.4) is 0 Å². The third kappa shape index (κ3) is 2.90. The van der Waals surface area contributed by atoms with E-state index in [1.807, 2.05) is 24.4 Å². The van der Waals surface area contributed by atoms with E-state index < -0.39 is 0 Å². The van der Waals surface area contributed by atoms with Gasteiger partial charge in [0.15, 0.2) is 10.8 Å². The van der Waals surface area contributed by atoms with E-state index in [1.54, 1.807) is 28.0 Å². The third-order valence-corrected chi connectivity index (χ3v) is 5.58. The lowest BCUT2D eigenvalue weighted by molar-refractivity contribution is 0.510. The molecule has 0 aromatic carbocycles. The highest BCUT2D eigenvalue weighted by Gasteiger charge is 2.20. The van der Waals surface area contributed by atoms with Crippen molar-refractivity contribution < 1.29 is 4.42 Å². The van der Waals surface area contributed by atoms with E-state index in [9.17, 15) is 0 Å². The molecule has 0 spiro atoms. The first-order chi connectivity index (χ1) is 11.6. The van der Waals surface area contributed by atoms with Gasteiger partial charge in [-0.25, -0.2) is 0 Å². The third-order valence-electron chi connectivity index (χ3n) is 3.20. The van der Waals surface area contributed by atoms with Crippen LogP contribution >= 0.6 is 46.3 Å². The van der Waals surface area contributed by atoms with Crippen molar-refractivity contribution >= 4 is 51.9 Å². The van der Waals surface area contributed by atoms with Crippen LogP contribution in [0.4, 0.5) is 0 Å². The lowest BCUT2D eigenvalue weighted by atomic mass is 10.5. The molecule has 6 nitrogen and oxygen atoms in total. The van der Waals surface area contributed by atoms with Crippen LogP contribution in [0.25, 0.3) is 16.4 Å². The molecule has 1 atom stereocenters. The van der Waals surface area contributed by atoms with Crippen molar-refractivity contribution in [1.82, 2.24) is 24.8 Å². The second kappa shape index (κ2) is 6.36. The predicted molar refractivity (Wildman–Crippen MR) is 94.9 cm³/mol. The number of hydrogen-bond acceptors (Lipinski definition) is 7. The molecule has 0 bridgehead atoms. The molecule has 4 aromatic heterocycles. The van der Waals surface area contributed by atoms with Gasteiger partial charge in [0.05, 0.1) is 20.2 Å². The van der Waals surface area contributed by atoms with Gasteiger partial charge in [0, 0.05) is 6.20 Å². The summed E-state index contributed by atoms with van der Waals surface area (Å²) in [5, 5.41) is 20.0. The van der Waals surface area contributed by atoms with Gasteiger partial charge >= 0.3 is 0 Å². The van der Waals surface area contributed by atoms with Crippen molar-refractivity contribution in [2.45, 2.75) is 17.3 Å². The largest absolute Gasteiger partial charge is 0.419 e. The molecule has 4 rings (SSSR count). The van der Waals surface area contributed by atoms with Gasteiger partial charge in [-0.2, -0.15) is 0 Å². The van der Waals surface area contributed by atoms with Crippen molar-refractivity contribution in [3.8, 4) is 10.8 Å². The molecule has 0 N–H and O–H groups in total. The van der Waals surface area contributed by atoms with Crippen molar-refractivity contribution in [2.24, 2.45) is 0 Å². The number of pyridine rings is 1. The van der Waals surface area contributed by atoms with Gasteiger partial charge in [-0.05, 0) is 24.4 Å². The molecule has 0 amide bonds. The summed E-state index contributed by atoms with van der Waals surface area (Å²) in [6.45, 7) is 1.96. The molecule has 10 heteroatoms. The Labute approximate surface area is 154 Å². The Morgan fingerprint density at radius 1 is 1.25 bits per heavy atom. The van der Waals surface area contributed by atoms with Crippen LogP contribution in [-0.2, 0) is 0 Å². The van der Waals surface area contributed by atoms with Crippen LogP contribution < -0.4 is 0 Å². The van der Waals surface area contributed by atoms with Crippen LogP contribution in [0.15, 0.2) is 39.3 Å². The van der Waals surface area contributed by atoms with Crippen LogP contribution in [0, 0.1) is 0 Å². The number of hydrogen-bond donors (Lipinski definition) is 0. The van der Waals surface area contributed by atoms with E-state index in [0.717, 1.165) is 4.88 Å². The summed E-state index contributed by atoms with van der Waals surface area (Å²) in [5.74, 6) is 1.04. The van der Waals surface area contributed by atoms with E-state index in [4.69, 9.17) is 27.6 Å². The molecule has 122 valence electrons. The van der Waals surface area contributed by atoms with Gasteiger partial charge in [-0.1, -0.05) is 41.0 Å². The highest BCUT2D eigenvalue weighted by Crippen LogP contribution is 2.36. The number of rotatable bonds is 4. The Hall–Kier alpha value is -1.61. The normalized spacial score (nSPS) is 12.8. The molecule has 0 aliphatic rings. The molecule has 0 unspecified atom stereocenters. The molecule has 0 saturated heterocycles. The highest BCUT2D eigenvalue weighted by molar-refractivity contribution is 7.99. The molecule has 0 radical (unpaired) electrons. The average Bonchev–Trinajstić information content (AvgIpc) is 3.27. The van der Waals surface area contributed by atoms with Crippen LogP contribution in [0.5, 0.6) is 0 Å². The van der Waals surface area contributed by atoms with Crippen molar-refractivity contribution in [3.05, 3.63) is 45.7 Å². The molecule has 4 heterocycles. The summed E-state index contributed by atoms with van der Waals surface area (Å²) in [4.78, 5) is 0.942. The van der Waals surface area contributed by atoms with Gasteiger partial charge in [-0.15, -0.1) is 31.7 Å². The quantitative estimate of drug-likeness (QED) is 0.451. The Bertz CT molecular complexity index is 998. The fourth-order valence-electron chi connectivity index (χ4n) is 2.09. The van der Waals surface area contributed by atoms with Gasteiger partial charge in [0.25, 0.3) is 5.89 Å². The monoisotopic (exact) mass is 397 g/mol.